The molecule has 110 valence electrons. The zero-order chi connectivity index (χ0) is 14.9. The third kappa shape index (κ3) is 4.37. The molecule has 0 aromatic rings. The van der Waals surface area contributed by atoms with E-state index in [1.165, 1.54) is 0 Å². The Morgan fingerprint density at radius 2 is 1.68 bits per heavy atom. The number of hydrogen-bond donors (Lipinski definition) is 2. The van der Waals surface area contributed by atoms with Crippen LogP contribution >= 0.6 is 0 Å². The molecular weight excluding hydrogens is 291 g/mol. The highest BCUT2D eigenvalue weighted by Gasteiger charge is 2.46. The van der Waals surface area contributed by atoms with Crippen LogP contribution in [0.3, 0.4) is 0 Å². The lowest BCUT2D eigenvalue weighted by molar-refractivity contribution is -0.176. The summed E-state index contributed by atoms with van der Waals surface area (Å²) < 4.78 is 59.0. The lowest BCUT2D eigenvalue weighted by Crippen LogP contribution is -2.57. The Labute approximate surface area is 106 Å². The summed E-state index contributed by atoms with van der Waals surface area (Å²) in [6.07, 6.45) is -6.57. The largest absolute Gasteiger partial charge is 0.481 e. The number of rotatable bonds is 3. The van der Waals surface area contributed by atoms with Crippen molar-refractivity contribution in [2.45, 2.75) is 31.0 Å². The molecule has 1 heterocycles. The molecule has 1 amide bonds. The number of halogens is 3. The smallest absolute Gasteiger partial charge is 0.471 e. The van der Waals surface area contributed by atoms with E-state index in [0.717, 1.165) is 0 Å². The van der Waals surface area contributed by atoms with Crippen molar-refractivity contribution in [3.8, 4) is 0 Å². The quantitative estimate of drug-likeness (QED) is 0.769. The molecule has 0 saturated carbocycles. The fraction of sp³-hybridized carbons (Fsp3) is 0.778. The van der Waals surface area contributed by atoms with Crippen LogP contribution in [0.4, 0.5) is 13.2 Å². The molecule has 0 aliphatic carbocycles. The predicted molar refractivity (Wildman–Crippen MR) is 57.1 cm³/mol. The van der Waals surface area contributed by atoms with Gasteiger partial charge in [-0.1, -0.05) is 0 Å². The predicted octanol–water partition coefficient (Wildman–Crippen LogP) is 0.0870. The van der Waals surface area contributed by atoms with Crippen molar-refractivity contribution in [1.82, 2.24) is 5.32 Å². The van der Waals surface area contributed by atoms with Gasteiger partial charge in [0.2, 0.25) is 0 Å². The summed E-state index contributed by atoms with van der Waals surface area (Å²) >= 11 is 0. The number of sulfone groups is 1. The molecule has 0 atom stereocenters. The highest BCUT2D eigenvalue weighted by atomic mass is 32.2. The first-order valence-corrected chi connectivity index (χ1v) is 7.10. The van der Waals surface area contributed by atoms with Gasteiger partial charge in [0.1, 0.15) is 9.84 Å². The molecule has 10 heteroatoms. The van der Waals surface area contributed by atoms with Gasteiger partial charge in [0, 0.05) is 0 Å². The maximum Gasteiger partial charge on any atom is 0.471 e. The normalized spacial score (nSPS) is 21.6. The Kier molecular flexibility index (Phi) is 4.13. The molecule has 2 N–H and O–H groups in total. The van der Waals surface area contributed by atoms with Gasteiger partial charge in [0.25, 0.3) is 0 Å². The second-order valence-corrected chi connectivity index (χ2v) is 6.76. The number of nitrogens with one attached hydrogen (secondary N) is 1. The van der Waals surface area contributed by atoms with Crippen molar-refractivity contribution >= 4 is 21.7 Å². The van der Waals surface area contributed by atoms with Gasteiger partial charge in [0.05, 0.1) is 23.5 Å². The molecule has 1 aliphatic heterocycles. The molecule has 0 aromatic heterocycles. The van der Waals surface area contributed by atoms with Gasteiger partial charge in [-0.2, -0.15) is 13.2 Å². The molecule has 1 aliphatic rings. The van der Waals surface area contributed by atoms with Crippen LogP contribution in [0.2, 0.25) is 0 Å². The standard InChI is InChI=1S/C9H12F3NO5S/c10-9(11,12)7(16)13-8(5-6(14)15)1-3-19(17,18)4-2-8/h1-5H2,(H,13,16)(H,14,15). The van der Waals surface area contributed by atoms with Crippen LogP contribution in [0.5, 0.6) is 0 Å². The fourth-order valence-corrected chi connectivity index (χ4v) is 3.48. The van der Waals surface area contributed by atoms with Crippen LogP contribution in [0.25, 0.3) is 0 Å². The summed E-state index contributed by atoms with van der Waals surface area (Å²) in [4.78, 5) is 21.6. The minimum Gasteiger partial charge on any atom is -0.481 e. The van der Waals surface area contributed by atoms with Crippen LogP contribution in [0.15, 0.2) is 0 Å². The van der Waals surface area contributed by atoms with Crippen LogP contribution in [-0.2, 0) is 19.4 Å². The number of hydrogen-bond acceptors (Lipinski definition) is 4. The van der Waals surface area contributed by atoms with Gasteiger partial charge in [-0.25, -0.2) is 8.42 Å². The number of carboxylic acids is 1. The van der Waals surface area contributed by atoms with Gasteiger partial charge in [-0.15, -0.1) is 0 Å². The van der Waals surface area contributed by atoms with Gasteiger partial charge >= 0.3 is 18.1 Å². The number of amides is 1. The second kappa shape index (κ2) is 4.99. The lowest BCUT2D eigenvalue weighted by Gasteiger charge is -2.36. The summed E-state index contributed by atoms with van der Waals surface area (Å²) in [6.45, 7) is 0. The first-order valence-electron chi connectivity index (χ1n) is 5.27. The molecule has 0 spiro atoms. The van der Waals surface area contributed by atoms with E-state index in [0.29, 0.717) is 0 Å². The number of alkyl halides is 3. The Hall–Kier alpha value is -1.32. The summed E-state index contributed by atoms with van der Waals surface area (Å²) in [7, 11) is -3.39. The van der Waals surface area contributed by atoms with E-state index < -0.39 is 51.4 Å². The SMILES string of the molecule is O=C(O)CC1(NC(=O)C(F)(F)F)CCS(=O)(=O)CC1. The van der Waals surface area contributed by atoms with Gasteiger partial charge < -0.3 is 10.4 Å². The Morgan fingerprint density at radius 1 is 1.21 bits per heavy atom. The monoisotopic (exact) mass is 303 g/mol. The minimum absolute atomic E-state index is 0.344. The molecule has 6 nitrogen and oxygen atoms in total. The number of carbonyl (C=O) groups is 2. The second-order valence-electron chi connectivity index (χ2n) is 4.45. The topological polar surface area (TPSA) is 101 Å². The van der Waals surface area contributed by atoms with Crippen molar-refractivity contribution in [3.63, 3.8) is 0 Å². The van der Waals surface area contributed by atoms with Crippen molar-refractivity contribution in [2.75, 3.05) is 11.5 Å². The third-order valence-electron chi connectivity index (χ3n) is 2.91. The highest BCUT2D eigenvalue weighted by molar-refractivity contribution is 7.91. The summed E-state index contributed by atoms with van der Waals surface area (Å²) in [5.41, 5.74) is -1.66. The molecule has 1 fully saturated rings. The number of carbonyl (C=O) groups excluding carboxylic acids is 1. The molecule has 0 bridgehead atoms. The summed E-state index contributed by atoms with van der Waals surface area (Å²) in [5.74, 6) is -4.55. The first kappa shape index (κ1) is 15.7. The van der Waals surface area contributed by atoms with Crippen LogP contribution in [0, 0.1) is 0 Å². The third-order valence-corrected chi connectivity index (χ3v) is 4.56. The van der Waals surface area contributed by atoms with Crippen LogP contribution in [-0.4, -0.2) is 48.6 Å². The number of carboxylic acid groups (broad SMARTS) is 1. The van der Waals surface area contributed by atoms with E-state index in [2.05, 4.69) is 0 Å². The maximum atomic E-state index is 12.2. The average Bonchev–Trinajstić information content (AvgIpc) is 2.20. The summed E-state index contributed by atoms with van der Waals surface area (Å²) in [6, 6.07) is 0. The minimum atomic E-state index is -5.14. The van der Waals surface area contributed by atoms with Gasteiger partial charge in [0.15, 0.2) is 0 Å². The molecule has 0 radical (unpaired) electrons. The Bertz CT molecular complexity index is 471. The molecule has 0 unspecified atom stereocenters. The van der Waals surface area contributed by atoms with E-state index in [4.69, 9.17) is 5.11 Å². The molecule has 1 rings (SSSR count). The van der Waals surface area contributed by atoms with Crippen LogP contribution in [0.1, 0.15) is 19.3 Å². The van der Waals surface area contributed by atoms with Crippen molar-refractivity contribution in [1.29, 1.82) is 0 Å². The molecule has 19 heavy (non-hydrogen) atoms. The van der Waals surface area contributed by atoms with Gasteiger partial charge in [-0.05, 0) is 12.8 Å². The Balaban J connectivity index is 2.90. The Morgan fingerprint density at radius 3 is 2.05 bits per heavy atom. The molecular formula is C9H12F3NO5S. The van der Waals surface area contributed by atoms with E-state index in [-0.39, 0.29) is 12.8 Å². The lowest BCUT2D eigenvalue weighted by atomic mass is 9.88. The van der Waals surface area contributed by atoms with Crippen LogP contribution < -0.4 is 5.32 Å². The number of aliphatic carboxylic acids is 1. The van der Waals surface area contributed by atoms with E-state index in [1.54, 1.807) is 5.32 Å². The van der Waals surface area contributed by atoms with E-state index >= 15 is 0 Å². The van der Waals surface area contributed by atoms with Crippen molar-refractivity contribution in [3.05, 3.63) is 0 Å². The maximum absolute atomic E-state index is 12.2. The highest BCUT2D eigenvalue weighted by Crippen LogP contribution is 2.29. The average molecular weight is 303 g/mol. The molecule has 1 saturated heterocycles. The van der Waals surface area contributed by atoms with E-state index in [1.807, 2.05) is 0 Å². The zero-order valence-corrected chi connectivity index (χ0v) is 10.5. The summed E-state index contributed by atoms with van der Waals surface area (Å²) in [5, 5.41) is 10.3. The van der Waals surface area contributed by atoms with Crippen molar-refractivity contribution < 1.29 is 36.3 Å². The zero-order valence-electron chi connectivity index (χ0n) is 9.66. The first-order chi connectivity index (χ1) is 8.46. The fourth-order valence-electron chi connectivity index (χ4n) is 1.88. The molecule has 0 aromatic carbocycles. The van der Waals surface area contributed by atoms with Gasteiger partial charge in [-0.3, -0.25) is 9.59 Å². The van der Waals surface area contributed by atoms with Crippen molar-refractivity contribution in [2.24, 2.45) is 0 Å². The van der Waals surface area contributed by atoms with E-state index in [9.17, 15) is 31.2 Å².